The molecule has 0 aromatic heterocycles. The molecular weight excluding hydrogens is 306 g/mol. The van der Waals surface area contributed by atoms with Gasteiger partial charge < -0.3 is 15.3 Å². The lowest BCUT2D eigenvalue weighted by Gasteiger charge is -2.38. The van der Waals surface area contributed by atoms with Crippen LogP contribution in [-0.2, 0) is 16.1 Å². The Morgan fingerprint density at radius 2 is 2.08 bits per heavy atom. The van der Waals surface area contributed by atoms with Crippen molar-refractivity contribution >= 4 is 11.8 Å². The molecule has 0 radical (unpaired) electrons. The summed E-state index contributed by atoms with van der Waals surface area (Å²) >= 11 is 0. The maximum Gasteiger partial charge on any atom is 0.237 e. The molecule has 1 aromatic rings. The van der Waals surface area contributed by atoms with Crippen LogP contribution in [0.2, 0.25) is 0 Å². The first-order valence-electron chi connectivity index (χ1n) is 8.49. The van der Waals surface area contributed by atoms with Crippen molar-refractivity contribution in [3.8, 4) is 0 Å². The van der Waals surface area contributed by atoms with Crippen molar-refractivity contribution < 1.29 is 14.7 Å². The van der Waals surface area contributed by atoms with Crippen LogP contribution in [0.5, 0.6) is 0 Å². The predicted octanol–water partition coefficient (Wildman–Crippen LogP) is 0.606. The largest absolute Gasteiger partial charge is 0.395 e. The van der Waals surface area contributed by atoms with Crippen LogP contribution in [0.3, 0.4) is 0 Å². The molecule has 1 aliphatic heterocycles. The average Bonchev–Trinajstić information content (AvgIpc) is 2.57. The molecule has 1 heterocycles. The smallest absolute Gasteiger partial charge is 0.237 e. The van der Waals surface area contributed by atoms with Gasteiger partial charge in [-0.15, -0.1) is 0 Å². The minimum absolute atomic E-state index is 0.0908. The summed E-state index contributed by atoms with van der Waals surface area (Å²) in [6.45, 7) is 6.05. The molecule has 0 saturated carbocycles. The lowest BCUT2D eigenvalue weighted by molar-refractivity contribution is -0.140. The Labute approximate surface area is 143 Å². The van der Waals surface area contributed by atoms with Crippen molar-refractivity contribution in [3.05, 3.63) is 35.9 Å². The van der Waals surface area contributed by atoms with Crippen molar-refractivity contribution in [3.63, 3.8) is 0 Å². The topological polar surface area (TPSA) is 72.9 Å². The molecule has 132 valence electrons. The van der Waals surface area contributed by atoms with Crippen LogP contribution in [0.15, 0.2) is 30.3 Å². The number of amides is 2. The van der Waals surface area contributed by atoms with Gasteiger partial charge in [0.1, 0.15) is 0 Å². The molecule has 0 spiro atoms. The van der Waals surface area contributed by atoms with Crippen LogP contribution in [0.1, 0.15) is 25.8 Å². The SMILES string of the molecule is CC(C)N1CCNC(=O)C1CC(=O)N(CCO)Cc1ccccc1. The third-order valence-electron chi connectivity index (χ3n) is 4.34. The summed E-state index contributed by atoms with van der Waals surface area (Å²) < 4.78 is 0. The van der Waals surface area contributed by atoms with E-state index in [1.807, 2.05) is 44.2 Å². The van der Waals surface area contributed by atoms with E-state index >= 15 is 0 Å². The van der Waals surface area contributed by atoms with E-state index in [2.05, 4.69) is 10.2 Å². The molecule has 1 aromatic carbocycles. The predicted molar refractivity (Wildman–Crippen MR) is 92.2 cm³/mol. The molecule has 2 rings (SSSR count). The number of aliphatic hydroxyl groups excluding tert-OH is 1. The zero-order valence-corrected chi connectivity index (χ0v) is 14.4. The Kier molecular flexibility index (Phi) is 6.75. The van der Waals surface area contributed by atoms with Crippen LogP contribution in [0, 0.1) is 0 Å². The van der Waals surface area contributed by atoms with Gasteiger partial charge in [-0.2, -0.15) is 0 Å². The summed E-state index contributed by atoms with van der Waals surface area (Å²) in [7, 11) is 0. The van der Waals surface area contributed by atoms with Crippen molar-refractivity contribution in [2.45, 2.75) is 38.9 Å². The molecule has 24 heavy (non-hydrogen) atoms. The molecule has 2 amide bonds. The summed E-state index contributed by atoms with van der Waals surface area (Å²) in [4.78, 5) is 28.6. The number of piperazine rings is 1. The molecule has 0 bridgehead atoms. The van der Waals surface area contributed by atoms with Crippen LogP contribution in [-0.4, -0.2) is 65.0 Å². The molecule has 2 N–H and O–H groups in total. The maximum atomic E-state index is 12.7. The highest BCUT2D eigenvalue weighted by molar-refractivity contribution is 5.88. The van der Waals surface area contributed by atoms with Crippen LogP contribution < -0.4 is 5.32 Å². The van der Waals surface area contributed by atoms with Gasteiger partial charge in [-0.05, 0) is 19.4 Å². The number of benzene rings is 1. The third-order valence-corrected chi connectivity index (χ3v) is 4.34. The number of carbonyl (C=O) groups excluding carboxylic acids is 2. The van der Waals surface area contributed by atoms with Crippen LogP contribution in [0.25, 0.3) is 0 Å². The fourth-order valence-electron chi connectivity index (χ4n) is 3.07. The van der Waals surface area contributed by atoms with Gasteiger partial charge in [-0.3, -0.25) is 14.5 Å². The van der Waals surface area contributed by atoms with Crippen molar-refractivity contribution in [2.24, 2.45) is 0 Å². The van der Waals surface area contributed by atoms with Crippen molar-refractivity contribution in [2.75, 3.05) is 26.2 Å². The first-order chi connectivity index (χ1) is 11.5. The van der Waals surface area contributed by atoms with Gasteiger partial charge in [-0.25, -0.2) is 0 Å². The molecule has 6 heteroatoms. The second kappa shape index (κ2) is 8.80. The van der Waals surface area contributed by atoms with Gasteiger partial charge in [0.15, 0.2) is 0 Å². The van der Waals surface area contributed by atoms with Gasteiger partial charge in [-0.1, -0.05) is 30.3 Å². The van der Waals surface area contributed by atoms with E-state index in [4.69, 9.17) is 0 Å². The fraction of sp³-hybridized carbons (Fsp3) is 0.556. The average molecular weight is 333 g/mol. The van der Waals surface area contributed by atoms with E-state index in [1.54, 1.807) is 4.90 Å². The number of rotatable bonds is 7. The number of aliphatic hydroxyl groups is 1. The Balaban J connectivity index is 2.06. The molecule has 1 atom stereocenters. The fourth-order valence-corrected chi connectivity index (χ4v) is 3.07. The Bertz CT molecular complexity index is 548. The van der Waals surface area contributed by atoms with Crippen LogP contribution in [0.4, 0.5) is 0 Å². The number of hydrogen-bond acceptors (Lipinski definition) is 4. The second-order valence-electron chi connectivity index (χ2n) is 6.37. The Hall–Kier alpha value is -1.92. The van der Waals surface area contributed by atoms with E-state index in [0.29, 0.717) is 13.1 Å². The normalized spacial score (nSPS) is 18.5. The van der Waals surface area contributed by atoms with E-state index in [-0.39, 0.29) is 37.4 Å². The van der Waals surface area contributed by atoms with Gasteiger partial charge in [0.25, 0.3) is 0 Å². The highest BCUT2D eigenvalue weighted by atomic mass is 16.3. The van der Waals surface area contributed by atoms with Crippen molar-refractivity contribution in [1.29, 1.82) is 0 Å². The zero-order valence-electron chi connectivity index (χ0n) is 14.4. The highest BCUT2D eigenvalue weighted by Crippen LogP contribution is 2.15. The van der Waals surface area contributed by atoms with E-state index in [1.165, 1.54) is 0 Å². The summed E-state index contributed by atoms with van der Waals surface area (Å²) in [6.07, 6.45) is 0.136. The van der Waals surface area contributed by atoms with Gasteiger partial charge >= 0.3 is 0 Å². The van der Waals surface area contributed by atoms with Crippen molar-refractivity contribution in [1.82, 2.24) is 15.1 Å². The van der Waals surface area contributed by atoms with E-state index in [0.717, 1.165) is 12.1 Å². The van der Waals surface area contributed by atoms with Gasteiger partial charge in [0.2, 0.25) is 11.8 Å². The first kappa shape index (κ1) is 18.4. The highest BCUT2D eigenvalue weighted by Gasteiger charge is 2.34. The summed E-state index contributed by atoms with van der Waals surface area (Å²) in [5.41, 5.74) is 1.01. The minimum Gasteiger partial charge on any atom is -0.395 e. The van der Waals surface area contributed by atoms with E-state index in [9.17, 15) is 14.7 Å². The third kappa shape index (κ3) is 4.79. The molecule has 1 aliphatic rings. The summed E-state index contributed by atoms with van der Waals surface area (Å²) in [5, 5.41) is 12.1. The lowest BCUT2D eigenvalue weighted by atomic mass is 10.1. The maximum absolute atomic E-state index is 12.7. The molecule has 1 saturated heterocycles. The summed E-state index contributed by atoms with van der Waals surface area (Å²) in [6, 6.07) is 9.43. The van der Waals surface area contributed by atoms with Gasteiger partial charge in [0, 0.05) is 32.2 Å². The zero-order chi connectivity index (χ0) is 17.5. The quantitative estimate of drug-likeness (QED) is 0.767. The van der Waals surface area contributed by atoms with Crippen LogP contribution >= 0.6 is 0 Å². The monoisotopic (exact) mass is 333 g/mol. The number of nitrogens with one attached hydrogen (secondary N) is 1. The molecular formula is C18H27N3O3. The number of nitrogens with zero attached hydrogens (tertiary/aromatic N) is 2. The number of carbonyl (C=O) groups is 2. The van der Waals surface area contributed by atoms with E-state index < -0.39 is 6.04 Å². The Morgan fingerprint density at radius 1 is 1.38 bits per heavy atom. The molecule has 1 fully saturated rings. The first-order valence-corrected chi connectivity index (χ1v) is 8.49. The second-order valence-corrected chi connectivity index (χ2v) is 6.37. The molecule has 0 aliphatic carbocycles. The summed E-state index contributed by atoms with van der Waals surface area (Å²) in [5.74, 6) is -0.201. The Morgan fingerprint density at radius 3 is 2.71 bits per heavy atom. The molecule has 1 unspecified atom stereocenters. The molecule has 6 nitrogen and oxygen atoms in total. The lowest BCUT2D eigenvalue weighted by Crippen LogP contribution is -2.58. The minimum atomic E-state index is -0.441. The van der Waals surface area contributed by atoms with Gasteiger partial charge in [0.05, 0.1) is 19.1 Å². The number of hydrogen-bond donors (Lipinski definition) is 2. The standard InChI is InChI=1S/C18H27N3O3/c1-14(2)21-9-8-19-18(24)16(21)12-17(23)20(10-11-22)13-15-6-4-3-5-7-15/h3-7,14,16,22H,8-13H2,1-2H3,(H,19,24).